The van der Waals surface area contributed by atoms with Crippen LogP contribution < -0.4 is 4.74 Å². The number of pyridine rings is 2. The van der Waals surface area contributed by atoms with Crippen LogP contribution in [0.2, 0.25) is 0 Å². The number of nitrogens with zero attached hydrogens (tertiary/aromatic N) is 5. The minimum atomic E-state index is -4.49. The number of fused-ring (bicyclic) bond motifs is 1. The lowest BCUT2D eigenvalue weighted by Crippen LogP contribution is -2.06. The van der Waals surface area contributed by atoms with Crippen LogP contribution in [-0.4, -0.2) is 31.6 Å². The van der Waals surface area contributed by atoms with Crippen molar-refractivity contribution < 1.29 is 17.9 Å². The maximum atomic E-state index is 13.0. The monoisotopic (exact) mass is 377 g/mol. The van der Waals surface area contributed by atoms with E-state index in [2.05, 4.69) is 19.9 Å². The number of imidazole rings is 1. The fraction of sp³-hybridized carbons (Fsp3) is 0.125. The second-order valence-electron chi connectivity index (χ2n) is 5.23. The number of methoxy groups -OCH3 is 1. The third-order valence-electron chi connectivity index (χ3n) is 3.64. The van der Waals surface area contributed by atoms with Gasteiger partial charge in [0, 0.05) is 23.8 Å². The maximum Gasteiger partial charge on any atom is 0.417 e. The van der Waals surface area contributed by atoms with Gasteiger partial charge in [0.2, 0.25) is 5.88 Å². The van der Waals surface area contributed by atoms with E-state index in [0.717, 1.165) is 12.3 Å². The molecule has 0 fully saturated rings. The Morgan fingerprint density at radius 2 is 1.96 bits per heavy atom. The van der Waals surface area contributed by atoms with Gasteiger partial charge in [-0.1, -0.05) is 0 Å². The van der Waals surface area contributed by atoms with Gasteiger partial charge in [0.15, 0.2) is 16.5 Å². The van der Waals surface area contributed by atoms with Crippen molar-refractivity contribution in [2.45, 2.75) is 6.18 Å². The van der Waals surface area contributed by atoms with Crippen LogP contribution in [0, 0.1) is 0 Å². The zero-order valence-corrected chi connectivity index (χ0v) is 14.0. The molecule has 4 aromatic rings. The third kappa shape index (κ3) is 2.77. The first-order valence-electron chi connectivity index (χ1n) is 7.33. The number of hydrogen-bond acceptors (Lipinski definition) is 6. The van der Waals surface area contributed by atoms with Crippen LogP contribution in [-0.2, 0) is 6.18 Å². The smallest absolute Gasteiger partial charge is 0.417 e. The molecule has 4 rings (SSSR count). The van der Waals surface area contributed by atoms with E-state index in [4.69, 9.17) is 4.74 Å². The van der Waals surface area contributed by atoms with Gasteiger partial charge in [-0.2, -0.15) is 13.2 Å². The summed E-state index contributed by atoms with van der Waals surface area (Å²) in [7, 11) is 1.50. The van der Waals surface area contributed by atoms with Crippen molar-refractivity contribution in [3.8, 4) is 22.4 Å². The van der Waals surface area contributed by atoms with Gasteiger partial charge in [0.1, 0.15) is 5.52 Å². The summed E-state index contributed by atoms with van der Waals surface area (Å²) in [6.45, 7) is 0. The molecule has 0 saturated heterocycles. The van der Waals surface area contributed by atoms with E-state index in [9.17, 15) is 13.2 Å². The molecule has 0 saturated carbocycles. The molecule has 0 aliphatic heterocycles. The molecule has 0 bridgehead atoms. The van der Waals surface area contributed by atoms with E-state index in [1.165, 1.54) is 24.6 Å². The molecular weight excluding hydrogens is 367 g/mol. The largest absolute Gasteiger partial charge is 0.481 e. The average molecular weight is 377 g/mol. The van der Waals surface area contributed by atoms with Gasteiger partial charge in [-0.15, -0.1) is 11.3 Å². The Bertz CT molecular complexity index is 1060. The summed E-state index contributed by atoms with van der Waals surface area (Å²) in [5, 5.41) is 2.33. The second kappa shape index (κ2) is 6.06. The first-order valence-corrected chi connectivity index (χ1v) is 8.21. The summed E-state index contributed by atoms with van der Waals surface area (Å²) >= 11 is 1.33. The van der Waals surface area contributed by atoms with Gasteiger partial charge in [0.25, 0.3) is 0 Å². The van der Waals surface area contributed by atoms with Crippen molar-refractivity contribution in [2.75, 3.05) is 7.11 Å². The molecular formula is C16H10F3N5OS. The first-order chi connectivity index (χ1) is 12.5. The number of rotatable bonds is 3. The molecule has 10 heteroatoms. The lowest BCUT2D eigenvalue weighted by atomic mass is 10.2. The Labute approximate surface area is 149 Å². The van der Waals surface area contributed by atoms with Crippen molar-refractivity contribution in [3.63, 3.8) is 0 Å². The summed E-state index contributed by atoms with van der Waals surface area (Å²) in [6.07, 6.45) is -0.558. The van der Waals surface area contributed by atoms with Gasteiger partial charge in [-0.05, 0) is 12.1 Å². The molecule has 0 aliphatic rings. The van der Waals surface area contributed by atoms with E-state index in [1.807, 2.05) is 0 Å². The highest BCUT2D eigenvalue weighted by Crippen LogP contribution is 2.33. The minimum absolute atomic E-state index is 0.126. The van der Waals surface area contributed by atoms with Gasteiger partial charge in [0.05, 0.1) is 24.6 Å². The maximum absolute atomic E-state index is 13.0. The van der Waals surface area contributed by atoms with Crippen molar-refractivity contribution in [1.82, 2.24) is 24.5 Å². The highest BCUT2D eigenvalue weighted by molar-refractivity contribution is 7.13. The van der Waals surface area contributed by atoms with E-state index < -0.39 is 11.7 Å². The standard InChI is InChI=1S/C16H10F3N5OS/c1-25-12-3-2-10(8-21-12)24-13-11(6-9(7-22-13)16(17,18)19)23-14(24)15-20-4-5-26-15/h2-8H,1H3. The number of hydrogen-bond donors (Lipinski definition) is 0. The fourth-order valence-electron chi connectivity index (χ4n) is 2.47. The Hall–Kier alpha value is -3.01. The van der Waals surface area contributed by atoms with Crippen LogP contribution in [0.1, 0.15) is 5.56 Å². The SMILES string of the molecule is COc1ccc(-n2c(-c3nccs3)nc3cc(C(F)(F)F)cnc32)cn1. The Morgan fingerprint density at radius 1 is 1.12 bits per heavy atom. The zero-order chi connectivity index (χ0) is 18.3. The molecule has 0 aliphatic carbocycles. The second-order valence-corrected chi connectivity index (χ2v) is 6.13. The van der Waals surface area contributed by atoms with Crippen molar-refractivity contribution >= 4 is 22.5 Å². The van der Waals surface area contributed by atoms with E-state index in [1.54, 1.807) is 28.3 Å². The number of ether oxygens (including phenoxy) is 1. The van der Waals surface area contributed by atoms with Crippen molar-refractivity contribution in [3.05, 3.63) is 47.7 Å². The number of alkyl halides is 3. The van der Waals surface area contributed by atoms with Gasteiger partial charge in [-0.3, -0.25) is 4.57 Å². The molecule has 0 aromatic carbocycles. The fourth-order valence-corrected chi connectivity index (χ4v) is 3.08. The quantitative estimate of drug-likeness (QED) is 0.541. The predicted molar refractivity (Wildman–Crippen MR) is 89.3 cm³/mol. The summed E-state index contributed by atoms with van der Waals surface area (Å²) in [4.78, 5) is 16.7. The summed E-state index contributed by atoms with van der Waals surface area (Å²) in [5.41, 5.74) is 0.148. The average Bonchev–Trinajstić information content (AvgIpc) is 3.28. The van der Waals surface area contributed by atoms with Crippen LogP contribution in [0.3, 0.4) is 0 Å². The Balaban J connectivity index is 1.97. The third-order valence-corrected chi connectivity index (χ3v) is 4.41. The van der Waals surface area contributed by atoms with E-state index >= 15 is 0 Å². The Morgan fingerprint density at radius 3 is 2.58 bits per heavy atom. The zero-order valence-electron chi connectivity index (χ0n) is 13.2. The Kier molecular flexibility index (Phi) is 3.83. The van der Waals surface area contributed by atoms with Crippen LogP contribution in [0.15, 0.2) is 42.2 Å². The van der Waals surface area contributed by atoms with Crippen LogP contribution >= 0.6 is 11.3 Å². The molecule has 6 nitrogen and oxygen atoms in total. The molecule has 0 atom stereocenters. The van der Waals surface area contributed by atoms with Crippen LogP contribution in [0.25, 0.3) is 27.7 Å². The van der Waals surface area contributed by atoms with Gasteiger partial charge >= 0.3 is 6.18 Å². The van der Waals surface area contributed by atoms with Gasteiger partial charge < -0.3 is 4.74 Å². The highest BCUT2D eigenvalue weighted by atomic mass is 32.1. The van der Waals surface area contributed by atoms with Crippen LogP contribution in [0.5, 0.6) is 5.88 Å². The van der Waals surface area contributed by atoms with Crippen molar-refractivity contribution in [1.29, 1.82) is 0 Å². The first kappa shape index (κ1) is 16.5. The predicted octanol–water partition coefficient (Wildman–Crippen LogP) is 3.97. The lowest BCUT2D eigenvalue weighted by molar-refractivity contribution is -0.137. The number of aromatic nitrogens is 5. The molecule has 0 unspecified atom stereocenters. The van der Waals surface area contributed by atoms with E-state index in [0.29, 0.717) is 22.4 Å². The molecule has 0 spiro atoms. The number of thiazole rings is 1. The molecule has 132 valence electrons. The minimum Gasteiger partial charge on any atom is -0.481 e. The molecule has 0 amide bonds. The molecule has 26 heavy (non-hydrogen) atoms. The van der Waals surface area contributed by atoms with Crippen molar-refractivity contribution in [2.24, 2.45) is 0 Å². The molecule has 0 N–H and O–H groups in total. The summed E-state index contributed by atoms with van der Waals surface area (Å²) in [6, 6.07) is 4.35. The summed E-state index contributed by atoms with van der Waals surface area (Å²) in [5.74, 6) is 0.815. The normalized spacial score (nSPS) is 11.8. The van der Waals surface area contributed by atoms with Crippen LogP contribution in [0.4, 0.5) is 13.2 Å². The lowest BCUT2D eigenvalue weighted by Gasteiger charge is -2.08. The molecule has 0 radical (unpaired) electrons. The van der Waals surface area contributed by atoms with Gasteiger partial charge in [-0.25, -0.2) is 19.9 Å². The molecule has 4 aromatic heterocycles. The summed E-state index contributed by atoms with van der Waals surface area (Å²) < 4.78 is 45.7. The highest BCUT2D eigenvalue weighted by Gasteiger charge is 2.32. The number of halogens is 3. The topological polar surface area (TPSA) is 65.7 Å². The van der Waals surface area contributed by atoms with E-state index in [-0.39, 0.29) is 11.2 Å². The molecule has 4 heterocycles.